The Bertz CT molecular complexity index is 1460. The summed E-state index contributed by atoms with van der Waals surface area (Å²) in [6.07, 6.45) is -2.07. The minimum Gasteiger partial charge on any atom is -0.445 e. The number of fused-ring (bicyclic) bond motifs is 2. The Hall–Kier alpha value is -3.73. The molecule has 6 rings (SSSR count). The zero-order valence-electron chi connectivity index (χ0n) is 25.0. The van der Waals surface area contributed by atoms with Crippen molar-refractivity contribution in [1.29, 1.82) is 5.26 Å². The number of likely N-dealkylation sites (tertiary alicyclic amines) is 1. The van der Waals surface area contributed by atoms with Gasteiger partial charge in [-0.1, -0.05) is 12.1 Å². The van der Waals surface area contributed by atoms with Crippen LogP contribution in [-0.4, -0.2) is 84.9 Å². The van der Waals surface area contributed by atoms with Gasteiger partial charge in [-0.3, -0.25) is 9.78 Å². The topological polar surface area (TPSA) is 117 Å². The van der Waals surface area contributed by atoms with Crippen LogP contribution in [0.2, 0.25) is 0 Å². The molecule has 4 aliphatic rings. The first-order chi connectivity index (χ1) is 21.6. The van der Waals surface area contributed by atoms with Crippen molar-refractivity contribution in [2.45, 2.75) is 63.2 Å². The van der Waals surface area contributed by atoms with Crippen molar-refractivity contribution in [1.82, 2.24) is 20.1 Å². The van der Waals surface area contributed by atoms with Gasteiger partial charge in [0.15, 0.2) is 0 Å². The van der Waals surface area contributed by atoms with Crippen LogP contribution in [0.4, 0.5) is 18.0 Å². The van der Waals surface area contributed by atoms with Crippen LogP contribution in [-0.2, 0) is 44.8 Å². The van der Waals surface area contributed by atoms with Gasteiger partial charge in [0.1, 0.15) is 6.61 Å². The van der Waals surface area contributed by atoms with Crippen LogP contribution in [0.1, 0.15) is 47.2 Å². The molecule has 1 aromatic carbocycles. The molecule has 1 saturated carbocycles. The second-order valence-electron chi connectivity index (χ2n) is 12.4. The maximum absolute atomic E-state index is 14.5. The smallest absolute Gasteiger partial charge is 0.417 e. The highest BCUT2D eigenvalue weighted by atomic mass is 19.4. The summed E-state index contributed by atoms with van der Waals surface area (Å²) < 4.78 is 57.1. The number of ether oxygens (including phenoxy) is 3. The van der Waals surface area contributed by atoms with E-state index in [9.17, 15) is 22.8 Å². The van der Waals surface area contributed by atoms with Gasteiger partial charge in [-0.25, -0.2) is 4.79 Å². The second-order valence-corrected chi connectivity index (χ2v) is 12.4. The maximum Gasteiger partial charge on any atom is 0.417 e. The van der Waals surface area contributed by atoms with Gasteiger partial charge in [0.2, 0.25) is 5.91 Å². The molecule has 2 saturated heterocycles. The number of nitriles is 1. The van der Waals surface area contributed by atoms with Crippen LogP contribution in [0.15, 0.2) is 36.5 Å². The van der Waals surface area contributed by atoms with E-state index in [-0.39, 0.29) is 49.7 Å². The van der Waals surface area contributed by atoms with Crippen molar-refractivity contribution in [3.05, 3.63) is 64.5 Å². The fraction of sp³-hybridized carbons (Fsp3) is 0.562. The molecule has 2 aromatic rings. The molecule has 0 unspecified atom stereocenters. The lowest BCUT2D eigenvalue weighted by Crippen LogP contribution is -2.52. The number of nitrogens with one attached hydrogen (secondary N) is 1. The molecular weight excluding hydrogens is 591 g/mol. The van der Waals surface area contributed by atoms with Crippen molar-refractivity contribution in [3.8, 4) is 6.07 Å². The van der Waals surface area contributed by atoms with Crippen molar-refractivity contribution >= 4 is 12.0 Å². The van der Waals surface area contributed by atoms with E-state index in [2.05, 4.69) is 16.4 Å². The molecule has 3 aliphatic heterocycles. The number of pyridine rings is 1. The maximum atomic E-state index is 14.5. The summed E-state index contributed by atoms with van der Waals surface area (Å²) in [6.45, 7) is 1.98. The third-order valence-corrected chi connectivity index (χ3v) is 9.72. The molecule has 13 heteroatoms. The van der Waals surface area contributed by atoms with Crippen molar-refractivity contribution in [2.75, 3.05) is 40.0 Å². The summed E-state index contributed by atoms with van der Waals surface area (Å²) in [7, 11) is 1.65. The first kappa shape index (κ1) is 31.3. The zero-order valence-corrected chi connectivity index (χ0v) is 25.0. The molecule has 10 nitrogen and oxygen atoms in total. The van der Waals surface area contributed by atoms with E-state index in [1.807, 2.05) is 0 Å². The number of aromatic nitrogens is 1. The Kier molecular flexibility index (Phi) is 8.74. The molecule has 1 aromatic heterocycles. The number of halogens is 3. The summed E-state index contributed by atoms with van der Waals surface area (Å²) >= 11 is 0. The molecule has 45 heavy (non-hydrogen) atoms. The van der Waals surface area contributed by atoms with E-state index in [1.165, 1.54) is 0 Å². The third kappa shape index (κ3) is 6.36. The Morgan fingerprint density at radius 3 is 2.78 bits per heavy atom. The number of rotatable bonds is 6. The molecule has 1 N–H and O–H groups in total. The molecule has 0 bridgehead atoms. The summed E-state index contributed by atoms with van der Waals surface area (Å²) in [6, 6.07) is 9.95. The fourth-order valence-corrected chi connectivity index (χ4v) is 7.39. The number of carbonyl (C=O) groups excluding carboxylic acids is 2. The highest BCUT2D eigenvalue weighted by Crippen LogP contribution is 2.51. The summed E-state index contributed by atoms with van der Waals surface area (Å²) in [5, 5.41) is 12.7. The van der Waals surface area contributed by atoms with E-state index < -0.39 is 23.2 Å². The average Bonchev–Trinajstić information content (AvgIpc) is 3.58. The number of methoxy groups -OCH3 is 1. The van der Waals surface area contributed by atoms with Crippen LogP contribution in [0.5, 0.6) is 0 Å². The first-order valence-electron chi connectivity index (χ1n) is 15.2. The van der Waals surface area contributed by atoms with Crippen LogP contribution < -0.4 is 5.32 Å². The Morgan fingerprint density at radius 1 is 1.24 bits per heavy atom. The number of hydrogen-bond acceptors (Lipinski definition) is 8. The quantitative estimate of drug-likeness (QED) is 0.516. The van der Waals surface area contributed by atoms with E-state index in [0.29, 0.717) is 62.4 Å². The van der Waals surface area contributed by atoms with Crippen molar-refractivity contribution in [3.63, 3.8) is 0 Å². The fourth-order valence-electron chi connectivity index (χ4n) is 7.39. The lowest BCUT2D eigenvalue weighted by atomic mass is 9.78. The Balaban J connectivity index is 1.20. The van der Waals surface area contributed by atoms with Crippen molar-refractivity contribution < 1.29 is 37.0 Å². The molecule has 4 heterocycles. The van der Waals surface area contributed by atoms with E-state index >= 15 is 0 Å². The number of carbonyl (C=O) groups is 2. The number of amides is 2. The molecule has 0 spiro atoms. The number of alkyl halides is 3. The van der Waals surface area contributed by atoms with Gasteiger partial charge in [0, 0.05) is 70.3 Å². The van der Waals surface area contributed by atoms with Crippen LogP contribution in [0, 0.1) is 22.7 Å². The summed E-state index contributed by atoms with van der Waals surface area (Å²) in [5.74, 6) is -0.315. The molecule has 2 amide bonds. The predicted octanol–water partition coefficient (Wildman–Crippen LogP) is 3.67. The molecule has 1 aliphatic carbocycles. The number of nitrogens with zero attached hydrogens (tertiary/aromatic N) is 4. The second kappa shape index (κ2) is 12.6. The third-order valence-electron chi connectivity index (χ3n) is 9.72. The standard InChI is InChI=1S/C32H36F3N5O5/c1-43-28-18-44-9-7-27(28)38-25-11-24-16-40(30(42)45-17-21-4-2-20(13-36)3-5-21)19-31(24,12-25)29(41)39-8-6-26-22(15-39)10-23(14-37-26)32(33,34)35/h2-5,10,14,24-25,27-28,38H,6-9,11-12,15-19H2,1H3/t24-,25+,27-,28+,31-/m0/s1. The molecular formula is C32H36F3N5O5. The molecule has 5 atom stereocenters. The van der Waals surface area contributed by atoms with Gasteiger partial charge in [-0.2, -0.15) is 18.4 Å². The Morgan fingerprint density at radius 2 is 2.04 bits per heavy atom. The predicted molar refractivity (Wildman–Crippen MR) is 153 cm³/mol. The number of benzene rings is 1. The largest absolute Gasteiger partial charge is 0.445 e. The minimum absolute atomic E-state index is 0.00732. The Labute approximate surface area is 259 Å². The monoisotopic (exact) mass is 627 g/mol. The van der Waals surface area contributed by atoms with E-state index in [0.717, 1.165) is 24.2 Å². The highest BCUT2D eigenvalue weighted by Gasteiger charge is 2.60. The van der Waals surface area contributed by atoms with Gasteiger partial charge in [-0.15, -0.1) is 0 Å². The highest BCUT2D eigenvalue weighted by molar-refractivity contribution is 5.86. The minimum atomic E-state index is -4.53. The molecule has 3 fully saturated rings. The average molecular weight is 628 g/mol. The lowest BCUT2D eigenvalue weighted by molar-refractivity contribution is -0.143. The van der Waals surface area contributed by atoms with Gasteiger partial charge >= 0.3 is 12.3 Å². The zero-order chi connectivity index (χ0) is 31.8. The van der Waals surface area contributed by atoms with Crippen molar-refractivity contribution in [2.24, 2.45) is 11.3 Å². The SMILES string of the molecule is CO[C@@H]1COCC[C@@H]1N[C@@H]1C[C@H]2CN(C(=O)OCc3ccc(C#N)cc3)C[C@@]2(C(=O)N2CCc3ncc(C(F)(F)F)cc3C2)C1. The van der Waals surface area contributed by atoms with Crippen LogP contribution in [0.25, 0.3) is 0 Å². The van der Waals surface area contributed by atoms with Gasteiger partial charge < -0.3 is 29.3 Å². The lowest BCUT2D eigenvalue weighted by Gasteiger charge is -2.37. The summed E-state index contributed by atoms with van der Waals surface area (Å²) in [5.41, 5.74) is 0.455. The van der Waals surface area contributed by atoms with E-state index in [4.69, 9.17) is 19.5 Å². The van der Waals surface area contributed by atoms with E-state index in [1.54, 1.807) is 41.2 Å². The van der Waals surface area contributed by atoms with Gasteiger partial charge in [0.05, 0.1) is 35.3 Å². The summed E-state index contributed by atoms with van der Waals surface area (Å²) in [4.78, 5) is 35.0. The van der Waals surface area contributed by atoms with Gasteiger partial charge in [-0.05, 0) is 54.5 Å². The molecule has 0 radical (unpaired) electrons. The first-order valence-corrected chi connectivity index (χ1v) is 15.2. The normalized spacial score (nSPS) is 27.9. The molecule has 240 valence electrons. The van der Waals surface area contributed by atoms with Crippen LogP contribution >= 0.6 is 0 Å². The van der Waals surface area contributed by atoms with Crippen LogP contribution in [0.3, 0.4) is 0 Å². The number of hydrogen-bond donors (Lipinski definition) is 1. The van der Waals surface area contributed by atoms with Gasteiger partial charge in [0.25, 0.3) is 0 Å².